The summed E-state index contributed by atoms with van der Waals surface area (Å²) in [5.74, 6) is -0.838. The molecule has 0 bridgehead atoms. The summed E-state index contributed by atoms with van der Waals surface area (Å²) in [6, 6.07) is 6.66. The van der Waals surface area contributed by atoms with Gasteiger partial charge in [-0.05, 0) is 57.7 Å². The lowest BCUT2D eigenvalue weighted by atomic mass is 9.85. The van der Waals surface area contributed by atoms with E-state index in [1.165, 1.54) is 4.90 Å². The van der Waals surface area contributed by atoms with E-state index in [2.05, 4.69) is 5.32 Å². The van der Waals surface area contributed by atoms with Crippen LogP contribution in [0.4, 0.5) is 0 Å². The minimum Gasteiger partial charge on any atom is -0.497 e. The zero-order valence-electron chi connectivity index (χ0n) is 21.4. The molecule has 1 aromatic carbocycles. The van der Waals surface area contributed by atoms with Crippen LogP contribution in [0.2, 0.25) is 0 Å². The van der Waals surface area contributed by atoms with E-state index in [0.717, 1.165) is 5.56 Å². The van der Waals surface area contributed by atoms with Crippen LogP contribution in [0.5, 0.6) is 5.75 Å². The molecule has 3 atom stereocenters. The highest BCUT2D eigenvalue weighted by Crippen LogP contribution is 2.35. The predicted octanol–water partition coefficient (Wildman–Crippen LogP) is 3.06. The number of benzene rings is 1. The SMILES string of the molecule is CC[C@@H](C(=O)NC(C)(C)C)N(Cc1ccc(OC)cc1)C(=O)CCN1C(=O)[C@H]2CC=CC[C@H]2C1=O. The van der Waals surface area contributed by atoms with Gasteiger partial charge in [0.15, 0.2) is 0 Å². The third kappa shape index (κ3) is 6.29. The summed E-state index contributed by atoms with van der Waals surface area (Å²) in [6.07, 6.45) is 5.41. The molecule has 0 spiro atoms. The number of allylic oxidation sites excluding steroid dienone is 2. The second-order valence-corrected chi connectivity index (χ2v) is 10.3. The van der Waals surface area contributed by atoms with E-state index in [-0.39, 0.29) is 55.0 Å². The van der Waals surface area contributed by atoms with E-state index in [1.54, 1.807) is 12.0 Å². The van der Waals surface area contributed by atoms with Crippen molar-refractivity contribution in [1.29, 1.82) is 0 Å². The summed E-state index contributed by atoms with van der Waals surface area (Å²) in [5.41, 5.74) is 0.407. The Bertz CT molecular complexity index is 954. The zero-order valence-corrected chi connectivity index (χ0v) is 21.4. The summed E-state index contributed by atoms with van der Waals surface area (Å²) in [5, 5.41) is 2.98. The lowest BCUT2D eigenvalue weighted by molar-refractivity contribution is -0.144. The first-order valence-corrected chi connectivity index (χ1v) is 12.3. The Morgan fingerprint density at radius 2 is 1.66 bits per heavy atom. The Morgan fingerprint density at radius 1 is 1.09 bits per heavy atom. The fourth-order valence-electron chi connectivity index (χ4n) is 4.74. The quantitative estimate of drug-likeness (QED) is 0.430. The summed E-state index contributed by atoms with van der Waals surface area (Å²) < 4.78 is 5.22. The molecule has 1 saturated heterocycles. The smallest absolute Gasteiger partial charge is 0.243 e. The van der Waals surface area contributed by atoms with E-state index in [0.29, 0.717) is 25.0 Å². The second kappa shape index (κ2) is 11.1. The number of fused-ring (bicyclic) bond motifs is 1. The minimum absolute atomic E-state index is 0.0277. The van der Waals surface area contributed by atoms with Gasteiger partial charge in [-0.15, -0.1) is 0 Å². The van der Waals surface area contributed by atoms with Crippen LogP contribution in [0.1, 0.15) is 58.9 Å². The summed E-state index contributed by atoms with van der Waals surface area (Å²) in [7, 11) is 1.59. The van der Waals surface area contributed by atoms with Gasteiger partial charge in [0.05, 0.1) is 18.9 Å². The molecule has 0 saturated carbocycles. The average molecular weight is 484 g/mol. The molecule has 1 aliphatic carbocycles. The zero-order chi connectivity index (χ0) is 25.8. The highest BCUT2D eigenvalue weighted by atomic mass is 16.5. The topological polar surface area (TPSA) is 96.0 Å². The van der Waals surface area contributed by atoms with Gasteiger partial charge in [0.1, 0.15) is 11.8 Å². The number of hydrogen-bond acceptors (Lipinski definition) is 5. The fourth-order valence-corrected chi connectivity index (χ4v) is 4.74. The van der Waals surface area contributed by atoms with Gasteiger partial charge in [0, 0.05) is 25.0 Å². The standard InChI is InChI=1S/C27H37N3O5/c1-6-22(24(32)28-27(2,3)4)30(17-18-11-13-19(35-5)14-12-18)23(31)15-16-29-25(33)20-9-7-8-10-21(20)26(29)34/h7-8,11-14,20-22H,6,9-10,15-17H2,1-5H3,(H,28,32)/t20-,21+,22-/m0/s1. The lowest BCUT2D eigenvalue weighted by Gasteiger charge is -2.33. The Kier molecular flexibility index (Phi) is 8.35. The van der Waals surface area contributed by atoms with Gasteiger partial charge in [-0.25, -0.2) is 0 Å². The average Bonchev–Trinajstić information content (AvgIpc) is 3.06. The van der Waals surface area contributed by atoms with Gasteiger partial charge < -0.3 is 15.0 Å². The van der Waals surface area contributed by atoms with Crippen molar-refractivity contribution in [1.82, 2.24) is 15.1 Å². The number of carbonyl (C=O) groups is 4. The number of amides is 4. The Balaban J connectivity index is 1.77. The van der Waals surface area contributed by atoms with Crippen molar-refractivity contribution < 1.29 is 23.9 Å². The molecule has 1 aromatic rings. The monoisotopic (exact) mass is 483 g/mol. The number of nitrogens with one attached hydrogen (secondary N) is 1. The number of imide groups is 1. The van der Waals surface area contributed by atoms with Crippen molar-refractivity contribution in [3.8, 4) is 5.75 Å². The number of methoxy groups -OCH3 is 1. The van der Waals surface area contributed by atoms with Crippen LogP contribution < -0.4 is 10.1 Å². The number of rotatable bonds is 9. The summed E-state index contributed by atoms with van der Waals surface area (Å²) in [6.45, 7) is 7.81. The molecule has 8 nitrogen and oxygen atoms in total. The molecular formula is C27H37N3O5. The van der Waals surface area contributed by atoms with Crippen molar-refractivity contribution in [3.05, 3.63) is 42.0 Å². The lowest BCUT2D eigenvalue weighted by Crippen LogP contribution is -2.53. The molecule has 8 heteroatoms. The molecule has 4 amide bonds. The first kappa shape index (κ1) is 26.4. The van der Waals surface area contributed by atoms with E-state index >= 15 is 0 Å². The molecule has 35 heavy (non-hydrogen) atoms. The molecule has 1 N–H and O–H groups in total. The van der Waals surface area contributed by atoms with Gasteiger partial charge in [0.25, 0.3) is 0 Å². The maximum atomic E-state index is 13.5. The number of likely N-dealkylation sites (tertiary alicyclic amines) is 1. The molecule has 2 aliphatic rings. The van der Waals surface area contributed by atoms with Crippen LogP contribution in [-0.4, -0.2) is 58.7 Å². The van der Waals surface area contributed by atoms with Crippen LogP contribution in [0, 0.1) is 11.8 Å². The Labute approximate surface area is 207 Å². The third-order valence-electron chi connectivity index (χ3n) is 6.54. The van der Waals surface area contributed by atoms with Crippen LogP contribution in [-0.2, 0) is 25.7 Å². The van der Waals surface area contributed by atoms with E-state index in [9.17, 15) is 19.2 Å². The molecule has 1 fully saturated rings. The van der Waals surface area contributed by atoms with Crippen molar-refractivity contribution in [3.63, 3.8) is 0 Å². The van der Waals surface area contributed by atoms with Gasteiger partial charge >= 0.3 is 0 Å². The molecule has 0 unspecified atom stereocenters. The van der Waals surface area contributed by atoms with Crippen molar-refractivity contribution in [2.24, 2.45) is 11.8 Å². The highest BCUT2D eigenvalue weighted by molar-refractivity contribution is 6.05. The van der Waals surface area contributed by atoms with Crippen LogP contribution in [0.15, 0.2) is 36.4 Å². The van der Waals surface area contributed by atoms with Crippen LogP contribution in [0.3, 0.4) is 0 Å². The van der Waals surface area contributed by atoms with Crippen molar-refractivity contribution in [2.75, 3.05) is 13.7 Å². The predicted molar refractivity (Wildman–Crippen MR) is 132 cm³/mol. The molecule has 1 heterocycles. The van der Waals surface area contributed by atoms with Gasteiger partial charge in [-0.3, -0.25) is 24.1 Å². The van der Waals surface area contributed by atoms with Crippen molar-refractivity contribution in [2.45, 2.75) is 71.5 Å². The van der Waals surface area contributed by atoms with Crippen LogP contribution in [0.25, 0.3) is 0 Å². The second-order valence-electron chi connectivity index (χ2n) is 10.3. The maximum absolute atomic E-state index is 13.5. The molecule has 0 aromatic heterocycles. The molecular weight excluding hydrogens is 446 g/mol. The summed E-state index contributed by atoms with van der Waals surface area (Å²) in [4.78, 5) is 55.0. The Morgan fingerprint density at radius 3 is 2.14 bits per heavy atom. The molecule has 1 aliphatic heterocycles. The normalized spacial score (nSPS) is 20.4. The third-order valence-corrected chi connectivity index (χ3v) is 6.54. The molecule has 3 rings (SSSR count). The molecule has 190 valence electrons. The summed E-state index contributed by atoms with van der Waals surface area (Å²) >= 11 is 0. The highest BCUT2D eigenvalue weighted by Gasteiger charge is 2.47. The molecule has 0 radical (unpaired) electrons. The number of hydrogen-bond donors (Lipinski definition) is 1. The van der Waals surface area contributed by atoms with Gasteiger partial charge in [0.2, 0.25) is 23.6 Å². The first-order chi connectivity index (χ1) is 16.6. The number of carbonyl (C=O) groups excluding carboxylic acids is 4. The first-order valence-electron chi connectivity index (χ1n) is 12.3. The van der Waals surface area contributed by atoms with Gasteiger partial charge in [-0.2, -0.15) is 0 Å². The largest absolute Gasteiger partial charge is 0.497 e. The number of ether oxygens (including phenoxy) is 1. The fraction of sp³-hybridized carbons (Fsp3) is 0.556. The van der Waals surface area contributed by atoms with E-state index in [4.69, 9.17) is 4.74 Å². The van der Waals surface area contributed by atoms with Crippen LogP contribution >= 0.6 is 0 Å². The number of nitrogens with zero attached hydrogens (tertiary/aromatic N) is 2. The minimum atomic E-state index is -0.680. The Hall–Kier alpha value is -3.16. The van der Waals surface area contributed by atoms with E-state index < -0.39 is 11.6 Å². The maximum Gasteiger partial charge on any atom is 0.243 e. The van der Waals surface area contributed by atoms with Gasteiger partial charge in [-0.1, -0.05) is 31.2 Å². The van der Waals surface area contributed by atoms with E-state index in [1.807, 2.05) is 64.1 Å². The van der Waals surface area contributed by atoms with Crippen molar-refractivity contribution >= 4 is 23.6 Å².